The van der Waals surface area contributed by atoms with E-state index in [0.717, 1.165) is 24.5 Å². The average Bonchev–Trinajstić information content (AvgIpc) is 2.66. The zero-order valence-corrected chi connectivity index (χ0v) is 13.0. The minimum absolute atomic E-state index is 0.0524. The molecule has 112 valence electrons. The second-order valence-electron chi connectivity index (χ2n) is 5.25. The Kier molecular flexibility index (Phi) is 4.75. The summed E-state index contributed by atoms with van der Waals surface area (Å²) in [6.07, 6.45) is 0. The molecule has 21 heavy (non-hydrogen) atoms. The number of anilines is 1. The van der Waals surface area contributed by atoms with E-state index in [4.69, 9.17) is 0 Å². The van der Waals surface area contributed by atoms with E-state index in [9.17, 15) is 4.79 Å². The van der Waals surface area contributed by atoms with Gasteiger partial charge >= 0.3 is 0 Å². The van der Waals surface area contributed by atoms with Gasteiger partial charge in [0.15, 0.2) is 0 Å². The van der Waals surface area contributed by atoms with Crippen LogP contribution in [-0.2, 0) is 24.9 Å². The first-order valence-electron chi connectivity index (χ1n) is 7.03. The predicted molar refractivity (Wildman–Crippen MR) is 84.0 cm³/mol. The van der Waals surface area contributed by atoms with Crippen LogP contribution in [0.2, 0.25) is 0 Å². The van der Waals surface area contributed by atoms with Crippen LogP contribution in [0.4, 0.5) is 5.69 Å². The molecule has 1 amide bonds. The van der Waals surface area contributed by atoms with Crippen molar-refractivity contribution in [3.63, 3.8) is 0 Å². The van der Waals surface area contributed by atoms with Crippen LogP contribution in [0.25, 0.3) is 0 Å². The van der Waals surface area contributed by atoms with E-state index in [0.29, 0.717) is 0 Å². The fourth-order valence-electron chi connectivity index (χ4n) is 2.31. The Morgan fingerprint density at radius 1 is 1.19 bits per heavy atom. The molecule has 5 heteroatoms. The van der Waals surface area contributed by atoms with Gasteiger partial charge in [-0.2, -0.15) is 5.10 Å². The monoisotopic (exact) mass is 286 g/mol. The number of rotatable bonds is 5. The van der Waals surface area contributed by atoms with Gasteiger partial charge in [0.1, 0.15) is 0 Å². The van der Waals surface area contributed by atoms with Gasteiger partial charge in [-0.3, -0.25) is 9.48 Å². The van der Waals surface area contributed by atoms with Crippen LogP contribution in [-0.4, -0.2) is 15.7 Å². The van der Waals surface area contributed by atoms with Crippen LogP contribution in [0.15, 0.2) is 24.3 Å². The lowest BCUT2D eigenvalue weighted by Gasteiger charge is -2.07. The number of nitrogens with zero attached hydrogens (tertiary/aromatic N) is 2. The molecule has 0 atom stereocenters. The second kappa shape index (κ2) is 6.54. The summed E-state index contributed by atoms with van der Waals surface area (Å²) < 4.78 is 1.91. The Hall–Kier alpha value is -2.14. The third kappa shape index (κ3) is 3.92. The molecule has 0 aliphatic carbocycles. The molecule has 1 aromatic heterocycles. The Balaban J connectivity index is 1.90. The van der Waals surface area contributed by atoms with Crippen LogP contribution < -0.4 is 10.6 Å². The molecule has 2 aromatic rings. The number of benzene rings is 1. The van der Waals surface area contributed by atoms with E-state index in [1.807, 2.05) is 42.9 Å². The number of hydrogen-bond donors (Lipinski definition) is 2. The molecule has 5 nitrogen and oxygen atoms in total. The van der Waals surface area contributed by atoms with Crippen LogP contribution in [0.1, 0.15) is 29.4 Å². The van der Waals surface area contributed by atoms with E-state index in [1.54, 1.807) is 0 Å². The zero-order chi connectivity index (χ0) is 15.4. The molecule has 0 saturated carbocycles. The van der Waals surface area contributed by atoms with Crippen molar-refractivity contribution in [2.75, 3.05) is 5.32 Å². The molecule has 1 heterocycles. The molecule has 0 bridgehead atoms. The molecule has 0 aliphatic rings. The fraction of sp³-hybridized carbons (Fsp3) is 0.375. The molecule has 0 fully saturated rings. The summed E-state index contributed by atoms with van der Waals surface area (Å²) in [5, 5.41) is 10.6. The summed E-state index contributed by atoms with van der Waals surface area (Å²) in [6, 6.07) is 7.86. The van der Waals surface area contributed by atoms with E-state index >= 15 is 0 Å². The van der Waals surface area contributed by atoms with Crippen molar-refractivity contribution >= 4 is 11.6 Å². The fourth-order valence-corrected chi connectivity index (χ4v) is 2.31. The van der Waals surface area contributed by atoms with Crippen molar-refractivity contribution in [2.45, 2.75) is 33.9 Å². The number of amides is 1. The molecule has 0 spiro atoms. The van der Waals surface area contributed by atoms with Crippen molar-refractivity contribution < 1.29 is 4.79 Å². The first-order chi connectivity index (χ1) is 9.97. The van der Waals surface area contributed by atoms with Gasteiger partial charge in [-0.15, -0.1) is 0 Å². The lowest BCUT2D eigenvalue weighted by molar-refractivity contribution is -0.114. The van der Waals surface area contributed by atoms with Crippen molar-refractivity contribution in [2.24, 2.45) is 7.05 Å². The smallest absolute Gasteiger partial charge is 0.221 e. The Labute approximate surface area is 125 Å². The van der Waals surface area contributed by atoms with Gasteiger partial charge in [0.05, 0.1) is 5.69 Å². The Morgan fingerprint density at radius 3 is 2.38 bits per heavy atom. The summed E-state index contributed by atoms with van der Waals surface area (Å²) in [4.78, 5) is 11.0. The van der Waals surface area contributed by atoms with Gasteiger partial charge in [-0.1, -0.05) is 12.1 Å². The highest BCUT2D eigenvalue weighted by Crippen LogP contribution is 2.12. The quantitative estimate of drug-likeness (QED) is 0.886. The number of carbonyl (C=O) groups is 1. The van der Waals surface area contributed by atoms with Crippen molar-refractivity contribution in [3.8, 4) is 0 Å². The zero-order valence-electron chi connectivity index (χ0n) is 13.0. The molecule has 2 N–H and O–H groups in total. The van der Waals surface area contributed by atoms with Crippen molar-refractivity contribution in [1.29, 1.82) is 0 Å². The minimum atomic E-state index is -0.0524. The van der Waals surface area contributed by atoms with Gasteiger partial charge in [-0.25, -0.2) is 0 Å². The largest absolute Gasteiger partial charge is 0.326 e. The number of carbonyl (C=O) groups excluding carboxylic acids is 1. The predicted octanol–water partition coefficient (Wildman–Crippen LogP) is 2.29. The van der Waals surface area contributed by atoms with Gasteiger partial charge in [-0.05, 0) is 31.5 Å². The van der Waals surface area contributed by atoms with E-state index in [2.05, 4.69) is 22.7 Å². The highest BCUT2D eigenvalue weighted by molar-refractivity contribution is 5.88. The number of nitrogens with one attached hydrogen (secondary N) is 2. The van der Waals surface area contributed by atoms with Gasteiger partial charge < -0.3 is 10.6 Å². The second-order valence-corrected chi connectivity index (χ2v) is 5.25. The first-order valence-corrected chi connectivity index (χ1v) is 7.03. The summed E-state index contributed by atoms with van der Waals surface area (Å²) in [5.74, 6) is -0.0524. The maximum Gasteiger partial charge on any atom is 0.221 e. The summed E-state index contributed by atoms with van der Waals surface area (Å²) in [6.45, 7) is 7.21. The maximum atomic E-state index is 11.0. The van der Waals surface area contributed by atoms with Gasteiger partial charge in [0, 0.05) is 44.0 Å². The van der Waals surface area contributed by atoms with Crippen LogP contribution in [0.5, 0.6) is 0 Å². The van der Waals surface area contributed by atoms with Crippen molar-refractivity contribution in [1.82, 2.24) is 15.1 Å². The third-order valence-electron chi connectivity index (χ3n) is 3.56. The van der Waals surface area contributed by atoms with Gasteiger partial charge in [0.2, 0.25) is 5.91 Å². The molecule has 2 rings (SSSR count). The van der Waals surface area contributed by atoms with Crippen LogP contribution in [0, 0.1) is 13.8 Å². The first kappa shape index (κ1) is 15.3. The Morgan fingerprint density at radius 2 is 1.86 bits per heavy atom. The van der Waals surface area contributed by atoms with Crippen LogP contribution in [0.3, 0.4) is 0 Å². The molecular formula is C16H22N4O. The van der Waals surface area contributed by atoms with Gasteiger partial charge in [0.25, 0.3) is 0 Å². The summed E-state index contributed by atoms with van der Waals surface area (Å²) in [5.41, 5.74) is 5.53. The lowest BCUT2D eigenvalue weighted by Crippen LogP contribution is -2.14. The van der Waals surface area contributed by atoms with E-state index < -0.39 is 0 Å². The summed E-state index contributed by atoms with van der Waals surface area (Å²) >= 11 is 0. The van der Waals surface area contributed by atoms with E-state index in [-0.39, 0.29) is 5.91 Å². The average molecular weight is 286 g/mol. The Bertz CT molecular complexity index is 628. The SMILES string of the molecule is CC(=O)Nc1ccc(CNCc2c(C)nn(C)c2C)cc1. The minimum Gasteiger partial charge on any atom is -0.326 e. The highest BCUT2D eigenvalue weighted by atomic mass is 16.1. The van der Waals surface area contributed by atoms with E-state index in [1.165, 1.54) is 23.7 Å². The standard InChI is InChI=1S/C16H22N4O/c1-11-16(12(2)20(4)19-11)10-17-9-14-5-7-15(8-6-14)18-13(3)21/h5-8,17H,9-10H2,1-4H3,(H,18,21). The normalized spacial score (nSPS) is 10.7. The molecule has 0 radical (unpaired) electrons. The maximum absolute atomic E-state index is 11.0. The number of aryl methyl sites for hydroxylation is 2. The molecule has 0 saturated heterocycles. The molecule has 1 aromatic carbocycles. The third-order valence-corrected chi connectivity index (χ3v) is 3.56. The van der Waals surface area contributed by atoms with Crippen LogP contribution >= 0.6 is 0 Å². The van der Waals surface area contributed by atoms with Crippen molar-refractivity contribution in [3.05, 3.63) is 46.8 Å². The molecule has 0 aliphatic heterocycles. The highest BCUT2D eigenvalue weighted by Gasteiger charge is 2.08. The number of aromatic nitrogens is 2. The number of hydrogen-bond acceptors (Lipinski definition) is 3. The summed E-state index contributed by atoms with van der Waals surface area (Å²) in [7, 11) is 1.96. The lowest BCUT2D eigenvalue weighted by atomic mass is 10.1. The molecular weight excluding hydrogens is 264 g/mol. The topological polar surface area (TPSA) is 59.0 Å². The molecule has 0 unspecified atom stereocenters.